The molecule has 0 amide bonds. The van der Waals surface area contributed by atoms with Crippen LogP contribution < -0.4 is 4.74 Å². The van der Waals surface area contributed by atoms with Gasteiger partial charge < -0.3 is 9.53 Å². The predicted molar refractivity (Wildman–Crippen MR) is 56.8 cm³/mol. The molecule has 0 spiro atoms. The first-order valence-electron chi connectivity index (χ1n) is 4.87. The zero-order valence-electron chi connectivity index (χ0n) is 9.21. The second-order valence-electron chi connectivity index (χ2n) is 3.65. The maximum Gasteiger partial charge on any atom is 0.129 e. The van der Waals surface area contributed by atoms with E-state index in [9.17, 15) is 9.18 Å². The standard InChI is InChI=1S/C12H15FO2/c1-8(4-5-14)11-7-10(15-3)6-9(2)12(11)13/h5-8H,4H2,1-3H3. The van der Waals surface area contributed by atoms with Crippen LogP contribution in [0.1, 0.15) is 30.4 Å². The Balaban J connectivity index is 3.14. The van der Waals surface area contributed by atoms with Crippen LogP contribution in [-0.4, -0.2) is 13.4 Å². The number of methoxy groups -OCH3 is 1. The monoisotopic (exact) mass is 210 g/mol. The fourth-order valence-electron chi connectivity index (χ4n) is 1.51. The Labute approximate surface area is 89.1 Å². The molecule has 0 radical (unpaired) electrons. The molecule has 1 unspecified atom stereocenters. The van der Waals surface area contributed by atoms with Crippen molar-refractivity contribution in [2.75, 3.05) is 7.11 Å². The van der Waals surface area contributed by atoms with Gasteiger partial charge in [-0.15, -0.1) is 0 Å². The van der Waals surface area contributed by atoms with E-state index in [1.165, 1.54) is 0 Å². The minimum atomic E-state index is -0.245. The fourth-order valence-corrected chi connectivity index (χ4v) is 1.51. The maximum absolute atomic E-state index is 13.7. The molecule has 0 fully saturated rings. The van der Waals surface area contributed by atoms with Gasteiger partial charge in [0.15, 0.2) is 0 Å². The van der Waals surface area contributed by atoms with E-state index in [1.807, 2.05) is 6.92 Å². The molecule has 1 atom stereocenters. The maximum atomic E-state index is 13.7. The van der Waals surface area contributed by atoms with Crippen molar-refractivity contribution >= 4 is 6.29 Å². The van der Waals surface area contributed by atoms with Crippen LogP contribution in [0.3, 0.4) is 0 Å². The summed E-state index contributed by atoms with van der Waals surface area (Å²) in [6.07, 6.45) is 1.13. The van der Waals surface area contributed by atoms with Crippen LogP contribution in [0.15, 0.2) is 12.1 Å². The van der Waals surface area contributed by atoms with Crippen molar-refractivity contribution in [3.05, 3.63) is 29.1 Å². The van der Waals surface area contributed by atoms with Crippen molar-refractivity contribution in [1.82, 2.24) is 0 Å². The van der Waals surface area contributed by atoms with E-state index in [2.05, 4.69) is 0 Å². The quantitative estimate of drug-likeness (QED) is 0.714. The predicted octanol–water partition coefficient (Wildman–Crippen LogP) is 2.84. The molecule has 2 nitrogen and oxygen atoms in total. The molecule has 82 valence electrons. The molecular weight excluding hydrogens is 195 g/mol. The summed E-state index contributed by atoms with van der Waals surface area (Å²) in [6.45, 7) is 3.51. The van der Waals surface area contributed by atoms with Gasteiger partial charge in [0, 0.05) is 6.42 Å². The average Bonchev–Trinajstić information content (AvgIpc) is 2.22. The van der Waals surface area contributed by atoms with Gasteiger partial charge in [0.1, 0.15) is 17.9 Å². The zero-order valence-corrected chi connectivity index (χ0v) is 9.21. The third kappa shape index (κ3) is 2.55. The van der Waals surface area contributed by atoms with Gasteiger partial charge in [0.25, 0.3) is 0 Å². The van der Waals surface area contributed by atoms with Crippen molar-refractivity contribution in [2.45, 2.75) is 26.2 Å². The van der Waals surface area contributed by atoms with E-state index in [-0.39, 0.29) is 11.7 Å². The van der Waals surface area contributed by atoms with Crippen molar-refractivity contribution < 1.29 is 13.9 Å². The minimum absolute atomic E-state index is 0.115. The summed E-state index contributed by atoms with van der Waals surface area (Å²) in [5.74, 6) is 0.267. The number of carbonyl (C=O) groups excluding carboxylic acids is 1. The highest BCUT2D eigenvalue weighted by molar-refractivity contribution is 5.52. The number of rotatable bonds is 4. The summed E-state index contributed by atoms with van der Waals surface area (Å²) >= 11 is 0. The molecule has 0 N–H and O–H groups in total. The summed E-state index contributed by atoms with van der Waals surface area (Å²) in [5, 5.41) is 0. The van der Waals surface area contributed by atoms with Crippen LogP contribution in [-0.2, 0) is 4.79 Å². The number of carbonyl (C=O) groups is 1. The number of aryl methyl sites for hydroxylation is 1. The SMILES string of the molecule is COc1cc(C)c(F)c(C(C)CC=O)c1. The van der Waals surface area contributed by atoms with E-state index < -0.39 is 0 Å². The Morgan fingerprint density at radius 3 is 2.73 bits per heavy atom. The number of hydrogen-bond acceptors (Lipinski definition) is 2. The van der Waals surface area contributed by atoms with E-state index in [0.29, 0.717) is 23.3 Å². The molecule has 0 aromatic heterocycles. The Hall–Kier alpha value is -1.38. The van der Waals surface area contributed by atoms with Crippen LogP contribution in [0.25, 0.3) is 0 Å². The molecule has 0 saturated heterocycles. The van der Waals surface area contributed by atoms with Crippen molar-refractivity contribution in [2.24, 2.45) is 0 Å². The Kier molecular flexibility index (Phi) is 3.83. The molecular formula is C12H15FO2. The first kappa shape index (κ1) is 11.7. The smallest absolute Gasteiger partial charge is 0.129 e. The molecule has 1 aromatic rings. The third-order valence-electron chi connectivity index (χ3n) is 2.47. The van der Waals surface area contributed by atoms with Crippen LogP contribution >= 0.6 is 0 Å². The Morgan fingerprint density at radius 2 is 2.20 bits per heavy atom. The van der Waals surface area contributed by atoms with Crippen LogP contribution in [0.5, 0.6) is 5.75 Å². The van der Waals surface area contributed by atoms with Gasteiger partial charge in [-0.25, -0.2) is 4.39 Å². The summed E-state index contributed by atoms with van der Waals surface area (Å²) < 4.78 is 18.8. The molecule has 15 heavy (non-hydrogen) atoms. The van der Waals surface area contributed by atoms with Gasteiger partial charge >= 0.3 is 0 Å². The summed E-state index contributed by atoms with van der Waals surface area (Å²) in [6, 6.07) is 3.29. The molecule has 0 bridgehead atoms. The van der Waals surface area contributed by atoms with E-state index in [0.717, 1.165) is 6.29 Å². The molecule has 0 saturated carbocycles. The molecule has 0 aliphatic rings. The number of halogens is 1. The van der Waals surface area contributed by atoms with Crippen molar-refractivity contribution in [1.29, 1.82) is 0 Å². The second kappa shape index (κ2) is 4.91. The first-order valence-corrected chi connectivity index (χ1v) is 4.87. The number of aldehydes is 1. The highest BCUT2D eigenvalue weighted by Gasteiger charge is 2.14. The molecule has 0 heterocycles. The van der Waals surface area contributed by atoms with Gasteiger partial charge in [-0.2, -0.15) is 0 Å². The Morgan fingerprint density at radius 1 is 1.53 bits per heavy atom. The second-order valence-corrected chi connectivity index (χ2v) is 3.65. The summed E-state index contributed by atoms with van der Waals surface area (Å²) in [5.41, 5.74) is 1.08. The van der Waals surface area contributed by atoms with Gasteiger partial charge in [0.2, 0.25) is 0 Å². The van der Waals surface area contributed by atoms with Crippen LogP contribution in [0.4, 0.5) is 4.39 Å². The minimum Gasteiger partial charge on any atom is -0.497 e. The summed E-state index contributed by atoms with van der Waals surface area (Å²) in [7, 11) is 1.54. The molecule has 1 aromatic carbocycles. The Bertz CT molecular complexity index is 361. The molecule has 1 rings (SSSR count). The number of ether oxygens (including phenoxy) is 1. The van der Waals surface area contributed by atoms with Gasteiger partial charge in [-0.3, -0.25) is 0 Å². The lowest BCUT2D eigenvalue weighted by atomic mass is 9.96. The molecule has 0 aliphatic carbocycles. The van der Waals surface area contributed by atoms with E-state index >= 15 is 0 Å². The van der Waals surface area contributed by atoms with Crippen molar-refractivity contribution in [3.8, 4) is 5.75 Å². The molecule has 3 heteroatoms. The highest BCUT2D eigenvalue weighted by Crippen LogP contribution is 2.28. The van der Waals surface area contributed by atoms with Crippen molar-refractivity contribution in [3.63, 3.8) is 0 Å². The lowest BCUT2D eigenvalue weighted by Gasteiger charge is -2.13. The molecule has 0 aliphatic heterocycles. The average molecular weight is 210 g/mol. The fraction of sp³-hybridized carbons (Fsp3) is 0.417. The van der Waals surface area contributed by atoms with E-state index in [1.54, 1.807) is 26.2 Å². The largest absolute Gasteiger partial charge is 0.497 e. The zero-order chi connectivity index (χ0) is 11.4. The lowest BCUT2D eigenvalue weighted by Crippen LogP contribution is -2.01. The van der Waals surface area contributed by atoms with Crippen LogP contribution in [0, 0.1) is 12.7 Å². The number of hydrogen-bond donors (Lipinski definition) is 0. The van der Waals surface area contributed by atoms with Gasteiger partial charge in [-0.1, -0.05) is 6.92 Å². The van der Waals surface area contributed by atoms with E-state index in [4.69, 9.17) is 4.74 Å². The topological polar surface area (TPSA) is 26.3 Å². The van der Waals surface area contributed by atoms with Gasteiger partial charge in [-0.05, 0) is 36.1 Å². The summed E-state index contributed by atoms with van der Waals surface area (Å²) in [4.78, 5) is 10.4. The highest BCUT2D eigenvalue weighted by atomic mass is 19.1. The normalized spacial score (nSPS) is 12.3. The first-order chi connectivity index (χ1) is 7.10. The number of benzene rings is 1. The lowest BCUT2D eigenvalue weighted by molar-refractivity contribution is -0.108. The van der Waals surface area contributed by atoms with Gasteiger partial charge in [0.05, 0.1) is 7.11 Å². The third-order valence-corrected chi connectivity index (χ3v) is 2.47. The van der Waals surface area contributed by atoms with Crippen LogP contribution in [0.2, 0.25) is 0 Å².